The van der Waals surface area contributed by atoms with E-state index in [1.165, 1.54) is 11.4 Å². The summed E-state index contributed by atoms with van der Waals surface area (Å²) in [6, 6.07) is 2.55. The van der Waals surface area contributed by atoms with Gasteiger partial charge in [-0.1, -0.05) is 0 Å². The van der Waals surface area contributed by atoms with Crippen molar-refractivity contribution in [2.75, 3.05) is 25.5 Å². The fourth-order valence-electron chi connectivity index (χ4n) is 4.12. The van der Waals surface area contributed by atoms with Crippen LogP contribution in [0, 0.1) is 12.3 Å². The van der Waals surface area contributed by atoms with Gasteiger partial charge in [0.15, 0.2) is 0 Å². The second-order valence-corrected chi connectivity index (χ2v) is 8.57. The number of carbonyl (C=O) groups is 1. The summed E-state index contributed by atoms with van der Waals surface area (Å²) in [5.41, 5.74) is 2.21. The van der Waals surface area contributed by atoms with Crippen LogP contribution in [0.1, 0.15) is 29.8 Å². The van der Waals surface area contributed by atoms with Gasteiger partial charge in [-0.15, -0.1) is 11.3 Å². The number of aryl methyl sites for hydroxylation is 1. The van der Waals surface area contributed by atoms with Gasteiger partial charge in [0.05, 0.1) is 18.4 Å². The number of amides is 2. The maximum absolute atomic E-state index is 12.5. The second kappa shape index (κ2) is 6.96. The van der Waals surface area contributed by atoms with Crippen LogP contribution in [-0.4, -0.2) is 52.0 Å². The normalized spacial score (nSPS) is 21.2. The Kier molecular flexibility index (Phi) is 4.67. The summed E-state index contributed by atoms with van der Waals surface area (Å²) >= 11 is 1.72. The number of hydrogen-bond donors (Lipinski definition) is 1. The lowest BCUT2D eigenvalue weighted by molar-refractivity contribution is 0.157. The van der Waals surface area contributed by atoms with E-state index in [1.54, 1.807) is 23.7 Å². The highest BCUT2D eigenvalue weighted by atomic mass is 32.1. The first-order chi connectivity index (χ1) is 12.6. The van der Waals surface area contributed by atoms with E-state index in [9.17, 15) is 4.79 Å². The average Bonchev–Trinajstić information content (AvgIpc) is 3.07. The maximum Gasteiger partial charge on any atom is 0.321 e. The number of urea groups is 1. The molecule has 138 valence electrons. The molecule has 2 fully saturated rings. The number of pyridine rings is 1. The Bertz CT molecular complexity index is 770. The van der Waals surface area contributed by atoms with E-state index >= 15 is 0 Å². The smallest absolute Gasteiger partial charge is 0.321 e. The summed E-state index contributed by atoms with van der Waals surface area (Å²) in [5, 5.41) is 6.18. The minimum atomic E-state index is -0.0133. The quantitative estimate of drug-likeness (QED) is 0.895. The van der Waals surface area contributed by atoms with E-state index in [4.69, 9.17) is 0 Å². The molecule has 1 spiro atoms. The van der Waals surface area contributed by atoms with Gasteiger partial charge in [0.25, 0.3) is 0 Å². The predicted octanol–water partition coefficient (Wildman–Crippen LogP) is 3.36. The predicted molar refractivity (Wildman–Crippen MR) is 103 cm³/mol. The van der Waals surface area contributed by atoms with Crippen LogP contribution in [-0.2, 0) is 6.54 Å². The third kappa shape index (κ3) is 3.59. The molecule has 1 aliphatic heterocycles. The van der Waals surface area contributed by atoms with Crippen LogP contribution in [0.4, 0.5) is 10.5 Å². The summed E-state index contributed by atoms with van der Waals surface area (Å²) in [5.74, 6) is 0. The van der Waals surface area contributed by atoms with Crippen LogP contribution in [0.5, 0.6) is 0 Å². The molecule has 26 heavy (non-hydrogen) atoms. The lowest BCUT2D eigenvalue weighted by Gasteiger charge is -2.34. The Morgan fingerprint density at radius 1 is 1.42 bits per heavy atom. The highest BCUT2D eigenvalue weighted by Crippen LogP contribution is 2.56. The van der Waals surface area contributed by atoms with Crippen molar-refractivity contribution in [3.05, 3.63) is 40.6 Å². The van der Waals surface area contributed by atoms with E-state index in [-0.39, 0.29) is 6.03 Å². The van der Waals surface area contributed by atoms with Gasteiger partial charge in [-0.25, -0.2) is 9.78 Å². The van der Waals surface area contributed by atoms with Crippen molar-refractivity contribution in [2.24, 2.45) is 5.41 Å². The monoisotopic (exact) mass is 371 g/mol. The zero-order valence-electron chi connectivity index (χ0n) is 15.3. The van der Waals surface area contributed by atoms with Crippen molar-refractivity contribution in [2.45, 2.75) is 38.8 Å². The van der Waals surface area contributed by atoms with E-state index in [1.807, 2.05) is 29.5 Å². The molecular weight excluding hydrogens is 346 g/mol. The molecular formula is C19H25N5OS. The van der Waals surface area contributed by atoms with Crippen molar-refractivity contribution < 1.29 is 4.79 Å². The summed E-state index contributed by atoms with van der Waals surface area (Å²) in [6.07, 6.45) is 8.76. The van der Waals surface area contributed by atoms with Gasteiger partial charge in [-0.2, -0.15) is 0 Å². The van der Waals surface area contributed by atoms with Crippen molar-refractivity contribution in [3.63, 3.8) is 0 Å². The highest BCUT2D eigenvalue weighted by molar-refractivity contribution is 7.09. The van der Waals surface area contributed by atoms with Crippen molar-refractivity contribution in [1.29, 1.82) is 0 Å². The van der Waals surface area contributed by atoms with Crippen LogP contribution < -0.4 is 5.32 Å². The lowest BCUT2D eigenvalue weighted by Crippen LogP contribution is -2.43. The van der Waals surface area contributed by atoms with E-state index in [0.29, 0.717) is 11.5 Å². The third-order valence-corrected chi connectivity index (χ3v) is 6.48. The number of carbonyl (C=O) groups excluding carboxylic acids is 1. The lowest BCUT2D eigenvalue weighted by atomic mass is 9.92. The van der Waals surface area contributed by atoms with E-state index in [2.05, 4.69) is 27.2 Å². The Labute approximate surface area is 158 Å². The third-order valence-electron chi connectivity index (χ3n) is 5.72. The number of anilines is 1. The van der Waals surface area contributed by atoms with Crippen LogP contribution in [0.3, 0.4) is 0 Å². The number of thiazole rings is 1. The summed E-state index contributed by atoms with van der Waals surface area (Å²) in [6.45, 7) is 4.55. The molecule has 0 unspecified atom stereocenters. The first-order valence-corrected chi connectivity index (χ1v) is 10.00. The summed E-state index contributed by atoms with van der Waals surface area (Å²) in [7, 11) is 2.20. The molecule has 1 saturated heterocycles. The largest absolute Gasteiger partial charge is 0.324 e. The molecule has 1 atom stereocenters. The van der Waals surface area contributed by atoms with Crippen LogP contribution >= 0.6 is 11.3 Å². The Morgan fingerprint density at radius 3 is 2.92 bits per heavy atom. The second-order valence-electron chi connectivity index (χ2n) is 7.59. The zero-order chi connectivity index (χ0) is 18.1. The fourth-order valence-corrected chi connectivity index (χ4v) is 4.80. The minimum Gasteiger partial charge on any atom is -0.324 e. The topological polar surface area (TPSA) is 61.4 Å². The number of nitrogens with zero attached hydrogens (tertiary/aromatic N) is 4. The Hall–Kier alpha value is -1.99. The molecule has 0 aromatic carbocycles. The Morgan fingerprint density at radius 2 is 2.23 bits per heavy atom. The molecule has 0 radical (unpaired) electrons. The molecule has 6 nitrogen and oxygen atoms in total. The molecule has 2 aliphatic rings. The number of aromatic nitrogens is 2. The number of nitrogens with one attached hydrogen (secondary N) is 1. The number of rotatable bonds is 4. The van der Waals surface area contributed by atoms with Gasteiger partial charge in [-0.3, -0.25) is 9.88 Å². The fraction of sp³-hybridized carbons (Fsp3) is 0.526. The number of piperidine rings is 1. The van der Waals surface area contributed by atoms with E-state index < -0.39 is 0 Å². The molecule has 1 aliphatic carbocycles. The molecule has 7 heteroatoms. The standard InChI is InChI=1S/C19H25N5OS/c1-14-9-15(12-20-11-14)22-18(25)24-6-3-19(4-7-24)10-16(19)23(2)13-17-21-5-8-26-17/h5,8-9,11-12,16H,3-4,6-7,10,13H2,1-2H3,(H,22,25)/t16-/m0/s1. The van der Waals surface area contributed by atoms with Gasteiger partial charge in [-0.05, 0) is 50.3 Å². The summed E-state index contributed by atoms with van der Waals surface area (Å²) in [4.78, 5) is 25.4. The molecule has 2 amide bonds. The molecule has 3 heterocycles. The molecule has 0 bridgehead atoms. The van der Waals surface area contributed by atoms with Crippen molar-refractivity contribution in [3.8, 4) is 0 Å². The first-order valence-electron chi connectivity index (χ1n) is 9.12. The number of likely N-dealkylation sites (tertiary alicyclic amines) is 1. The minimum absolute atomic E-state index is 0.0133. The van der Waals surface area contributed by atoms with Gasteiger partial charge >= 0.3 is 6.03 Å². The Balaban J connectivity index is 1.28. The number of hydrogen-bond acceptors (Lipinski definition) is 5. The van der Waals surface area contributed by atoms with E-state index in [0.717, 1.165) is 43.7 Å². The first kappa shape index (κ1) is 17.4. The van der Waals surface area contributed by atoms with Crippen LogP contribution in [0.25, 0.3) is 0 Å². The molecule has 1 N–H and O–H groups in total. The van der Waals surface area contributed by atoms with Crippen LogP contribution in [0.15, 0.2) is 30.0 Å². The zero-order valence-corrected chi connectivity index (χ0v) is 16.1. The molecule has 2 aromatic heterocycles. The maximum atomic E-state index is 12.5. The molecule has 4 rings (SSSR count). The van der Waals surface area contributed by atoms with Crippen molar-refractivity contribution >= 4 is 23.1 Å². The van der Waals surface area contributed by atoms with Crippen molar-refractivity contribution in [1.82, 2.24) is 19.8 Å². The molecule has 1 saturated carbocycles. The SMILES string of the molecule is Cc1cncc(NC(=O)N2CCC3(CC2)C[C@@H]3N(C)Cc2nccs2)c1. The van der Waals surface area contributed by atoms with Gasteiger partial charge < -0.3 is 10.2 Å². The van der Waals surface area contributed by atoms with Gasteiger partial charge in [0, 0.05) is 36.9 Å². The highest BCUT2D eigenvalue weighted by Gasteiger charge is 2.56. The average molecular weight is 372 g/mol. The van der Waals surface area contributed by atoms with Gasteiger partial charge in [0.2, 0.25) is 0 Å². The van der Waals surface area contributed by atoms with Crippen LogP contribution in [0.2, 0.25) is 0 Å². The van der Waals surface area contributed by atoms with Gasteiger partial charge in [0.1, 0.15) is 5.01 Å². The summed E-state index contributed by atoms with van der Waals surface area (Å²) < 4.78 is 0. The molecule has 2 aromatic rings.